The second kappa shape index (κ2) is 11.2. The molecule has 0 fully saturated rings. The van der Waals surface area contributed by atoms with Crippen LogP contribution in [0.25, 0.3) is 0 Å². The molecule has 0 aromatic rings. The van der Waals surface area contributed by atoms with Crippen molar-refractivity contribution < 1.29 is 4.79 Å². The number of allylic oxidation sites excluding steroid dienone is 5. The van der Waals surface area contributed by atoms with Gasteiger partial charge in [0.05, 0.1) is 0 Å². The Labute approximate surface area is 105 Å². The summed E-state index contributed by atoms with van der Waals surface area (Å²) in [4.78, 5) is 11.4. The maximum atomic E-state index is 11.4. The summed E-state index contributed by atoms with van der Waals surface area (Å²) in [6, 6.07) is 0. The zero-order chi connectivity index (χ0) is 12.9. The lowest BCUT2D eigenvalue weighted by Gasteiger charge is -2.07. The molecule has 0 aliphatic rings. The maximum Gasteiger partial charge on any atom is 0.243 e. The van der Waals surface area contributed by atoms with Crippen molar-refractivity contribution in [2.24, 2.45) is 5.92 Å². The third kappa shape index (κ3) is 11.0. The standard InChI is InChI=1S/C15H25NO/c1-4-6-7-8-9-10-11-12-15(17)16-13-14(3)5-2/h4,6-8,11-12,14H,5,9-10,13H2,1-3H3,(H,16,17)/b6-4+,8-7-,12-11+/t14-/m1/s1. The Kier molecular flexibility index (Phi) is 10.3. The van der Waals surface area contributed by atoms with Crippen LogP contribution in [0.2, 0.25) is 0 Å². The molecule has 0 rings (SSSR count). The number of amides is 1. The molecule has 1 N–H and O–H groups in total. The van der Waals surface area contributed by atoms with Gasteiger partial charge < -0.3 is 5.32 Å². The molecule has 96 valence electrons. The molecular weight excluding hydrogens is 210 g/mol. The highest BCUT2D eigenvalue weighted by Crippen LogP contribution is 1.97. The van der Waals surface area contributed by atoms with E-state index in [-0.39, 0.29) is 5.91 Å². The fraction of sp³-hybridized carbons (Fsp3) is 0.533. The SMILES string of the molecule is C/C=C/C=C\CC/C=C/C(=O)NC[C@H](C)CC. The molecule has 0 bridgehead atoms. The molecule has 0 aromatic carbocycles. The lowest BCUT2D eigenvalue weighted by atomic mass is 10.1. The predicted octanol–water partition coefficient (Wildman–Crippen LogP) is 3.62. The quantitative estimate of drug-likeness (QED) is 0.388. The minimum Gasteiger partial charge on any atom is -0.352 e. The average Bonchev–Trinajstić information content (AvgIpc) is 2.34. The summed E-state index contributed by atoms with van der Waals surface area (Å²) in [5.74, 6) is 0.568. The summed E-state index contributed by atoms with van der Waals surface area (Å²) >= 11 is 0. The second-order valence-electron chi connectivity index (χ2n) is 4.19. The first kappa shape index (κ1) is 15.7. The highest BCUT2D eigenvalue weighted by atomic mass is 16.1. The van der Waals surface area contributed by atoms with Gasteiger partial charge in [0.25, 0.3) is 0 Å². The molecule has 0 aliphatic carbocycles. The van der Waals surface area contributed by atoms with Crippen LogP contribution in [-0.2, 0) is 4.79 Å². The van der Waals surface area contributed by atoms with Gasteiger partial charge in [-0.1, -0.05) is 50.6 Å². The van der Waals surface area contributed by atoms with Crippen molar-refractivity contribution >= 4 is 5.91 Å². The molecule has 0 spiro atoms. The van der Waals surface area contributed by atoms with Crippen LogP contribution in [0.4, 0.5) is 0 Å². The molecule has 0 unspecified atom stereocenters. The maximum absolute atomic E-state index is 11.4. The zero-order valence-corrected chi connectivity index (χ0v) is 11.3. The number of hydrogen-bond acceptors (Lipinski definition) is 1. The fourth-order valence-electron chi connectivity index (χ4n) is 1.15. The summed E-state index contributed by atoms with van der Waals surface area (Å²) in [7, 11) is 0. The van der Waals surface area contributed by atoms with E-state index in [0.717, 1.165) is 25.8 Å². The summed E-state index contributed by atoms with van der Waals surface area (Å²) in [5, 5.41) is 2.89. The highest BCUT2D eigenvalue weighted by Gasteiger charge is 1.99. The first-order chi connectivity index (χ1) is 8.20. The second-order valence-corrected chi connectivity index (χ2v) is 4.19. The molecular formula is C15H25NO. The summed E-state index contributed by atoms with van der Waals surface area (Å²) in [6.45, 7) is 7.02. The van der Waals surface area contributed by atoms with Crippen molar-refractivity contribution in [2.75, 3.05) is 6.54 Å². The van der Waals surface area contributed by atoms with Gasteiger partial charge in [-0.3, -0.25) is 4.79 Å². The van der Waals surface area contributed by atoms with Crippen LogP contribution in [0.15, 0.2) is 36.5 Å². The van der Waals surface area contributed by atoms with Gasteiger partial charge in [0.2, 0.25) is 5.91 Å². The lowest BCUT2D eigenvalue weighted by Crippen LogP contribution is -2.26. The Balaban J connectivity index is 3.60. The average molecular weight is 235 g/mol. The molecule has 0 radical (unpaired) electrons. The number of nitrogens with one attached hydrogen (secondary N) is 1. The molecule has 0 saturated heterocycles. The van der Waals surface area contributed by atoms with Crippen LogP contribution in [0.5, 0.6) is 0 Å². The van der Waals surface area contributed by atoms with Crippen LogP contribution in [0, 0.1) is 5.92 Å². The number of hydrogen-bond donors (Lipinski definition) is 1. The molecule has 0 aliphatic heterocycles. The Morgan fingerprint density at radius 1 is 1.24 bits per heavy atom. The third-order valence-corrected chi connectivity index (χ3v) is 2.53. The lowest BCUT2D eigenvalue weighted by molar-refractivity contribution is -0.116. The molecule has 2 heteroatoms. The zero-order valence-electron chi connectivity index (χ0n) is 11.3. The number of carbonyl (C=O) groups excluding carboxylic acids is 1. The van der Waals surface area contributed by atoms with E-state index in [1.807, 2.05) is 31.2 Å². The van der Waals surface area contributed by atoms with E-state index in [1.54, 1.807) is 6.08 Å². The Bertz CT molecular complexity index is 277. The minimum atomic E-state index is 0.0164. The van der Waals surface area contributed by atoms with Gasteiger partial charge >= 0.3 is 0 Å². The molecule has 1 amide bonds. The van der Waals surface area contributed by atoms with Crippen LogP contribution < -0.4 is 5.32 Å². The summed E-state index contributed by atoms with van der Waals surface area (Å²) in [6.07, 6.45) is 14.7. The van der Waals surface area contributed by atoms with Crippen molar-refractivity contribution in [1.29, 1.82) is 0 Å². The Hall–Kier alpha value is -1.31. The first-order valence-electron chi connectivity index (χ1n) is 6.42. The van der Waals surface area contributed by atoms with E-state index in [9.17, 15) is 4.79 Å². The van der Waals surface area contributed by atoms with Crippen molar-refractivity contribution in [3.8, 4) is 0 Å². The van der Waals surface area contributed by atoms with Crippen LogP contribution in [0.3, 0.4) is 0 Å². The van der Waals surface area contributed by atoms with Crippen LogP contribution >= 0.6 is 0 Å². The number of carbonyl (C=O) groups is 1. The normalized spacial score (nSPS) is 13.8. The van der Waals surface area contributed by atoms with Crippen molar-refractivity contribution in [3.63, 3.8) is 0 Å². The fourth-order valence-corrected chi connectivity index (χ4v) is 1.15. The Morgan fingerprint density at radius 3 is 2.59 bits per heavy atom. The number of rotatable bonds is 8. The summed E-state index contributed by atoms with van der Waals surface area (Å²) in [5.41, 5.74) is 0. The topological polar surface area (TPSA) is 29.1 Å². The monoisotopic (exact) mass is 235 g/mol. The van der Waals surface area contributed by atoms with E-state index in [4.69, 9.17) is 0 Å². The molecule has 2 nitrogen and oxygen atoms in total. The van der Waals surface area contributed by atoms with Gasteiger partial charge in [-0.05, 0) is 31.8 Å². The molecule has 0 saturated carbocycles. The van der Waals surface area contributed by atoms with Gasteiger partial charge in [0.1, 0.15) is 0 Å². The van der Waals surface area contributed by atoms with Crippen LogP contribution in [-0.4, -0.2) is 12.5 Å². The highest BCUT2D eigenvalue weighted by molar-refractivity contribution is 5.87. The van der Waals surface area contributed by atoms with Gasteiger partial charge in [-0.15, -0.1) is 0 Å². The number of unbranched alkanes of at least 4 members (excludes halogenated alkanes) is 1. The van der Waals surface area contributed by atoms with E-state index in [1.165, 1.54) is 0 Å². The van der Waals surface area contributed by atoms with Gasteiger partial charge in [0.15, 0.2) is 0 Å². The van der Waals surface area contributed by atoms with Crippen molar-refractivity contribution in [2.45, 2.75) is 40.0 Å². The Morgan fingerprint density at radius 2 is 1.94 bits per heavy atom. The van der Waals surface area contributed by atoms with E-state index in [0.29, 0.717) is 5.92 Å². The smallest absolute Gasteiger partial charge is 0.243 e. The van der Waals surface area contributed by atoms with Gasteiger partial charge in [-0.25, -0.2) is 0 Å². The van der Waals surface area contributed by atoms with E-state index < -0.39 is 0 Å². The van der Waals surface area contributed by atoms with E-state index in [2.05, 4.69) is 25.2 Å². The third-order valence-electron chi connectivity index (χ3n) is 2.53. The van der Waals surface area contributed by atoms with Gasteiger partial charge in [0, 0.05) is 6.54 Å². The summed E-state index contributed by atoms with van der Waals surface area (Å²) < 4.78 is 0. The molecule has 1 atom stereocenters. The largest absolute Gasteiger partial charge is 0.352 e. The van der Waals surface area contributed by atoms with Gasteiger partial charge in [-0.2, -0.15) is 0 Å². The molecule has 17 heavy (non-hydrogen) atoms. The predicted molar refractivity (Wildman–Crippen MR) is 74.8 cm³/mol. The van der Waals surface area contributed by atoms with Crippen molar-refractivity contribution in [1.82, 2.24) is 5.32 Å². The van der Waals surface area contributed by atoms with Crippen LogP contribution in [0.1, 0.15) is 40.0 Å². The molecule has 0 heterocycles. The molecule has 0 aromatic heterocycles. The van der Waals surface area contributed by atoms with E-state index >= 15 is 0 Å². The first-order valence-corrected chi connectivity index (χ1v) is 6.42. The minimum absolute atomic E-state index is 0.0164. The van der Waals surface area contributed by atoms with Crippen molar-refractivity contribution in [3.05, 3.63) is 36.5 Å².